The van der Waals surface area contributed by atoms with Gasteiger partial charge in [0.15, 0.2) is 0 Å². The summed E-state index contributed by atoms with van der Waals surface area (Å²) < 4.78 is 11.1. The predicted molar refractivity (Wildman–Crippen MR) is 235 cm³/mol. The van der Waals surface area contributed by atoms with Crippen LogP contribution >= 0.6 is 0 Å². The Morgan fingerprint density at radius 2 is 1.14 bits per heavy atom. The summed E-state index contributed by atoms with van der Waals surface area (Å²) in [6.45, 7) is 18.7. The molecule has 3 amide bonds. The van der Waals surface area contributed by atoms with Gasteiger partial charge in [-0.3, -0.25) is 14.8 Å². The fourth-order valence-corrected chi connectivity index (χ4v) is 6.71. The molecule has 0 aliphatic rings. The number of carbonyl (C=O) groups is 2. The summed E-state index contributed by atoms with van der Waals surface area (Å²) in [5.74, 6) is 1.35. The molecule has 0 fully saturated rings. The molecule has 3 atom stereocenters. The lowest BCUT2D eigenvalue weighted by atomic mass is 9.91. The number of amides is 3. The van der Waals surface area contributed by atoms with Crippen molar-refractivity contribution < 1.29 is 19.1 Å². The second-order valence-electron chi connectivity index (χ2n) is 17.3. The standard InChI is InChI=1S/C45H68N8O4/c1-29(49-36-27-33(56-9)25-31-18-20-38(44(3,4)5)52-40(31)36)15-13-23-47-42(54)35(17-11-12-22-46)51-43(55)48-24-14-16-30(2)50-37-28-34(57-10)26-32-19-21-39(45(6,7)8)53-41(32)37/h18-21,25-30,35,49-50H,11-17,22-24,46H2,1-10H3,(H,47,54)(H2,48,51,55)/t29?,30?,35-/m0/s1. The molecule has 12 heteroatoms. The number of anilines is 2. The number of fused-ring (bicyclic) bond motifs is 2. The van der Waals surface area contributed by atoms with Crippen LogP contribution in [0, 0.1) is 0 Å². The van der Waals surface area contributed by atoms with Gasteiger partial charge in [0.05, 0.1) is 36.6 Å². The number of aromatic nitrogens is 2. The number of ether oxygens (including phenoxy) is 2. The van der Waals surface area contributed by atoms with Crippen LogP contribution in [-0.4, -0.2) is 73.9 Å². The maximum Gasteiger partial charge on any atom is 0.315 e. The van der Waals surface area contributed by atoms with E-state index in [-0.39, 0.29) is 34.9 Å². The lowest BCUT2D eigenvalue weighted by Gasteiger charge is -2.22. The van der Waals surface area contributed by atoms with Gasteiger partial charge in [-0.25, -0.2) is 4.79 Å². The predicted octanol–water partition coefficient (Wildman–Crippen LogP) is 8.17. The van der Waals surface area contributed by atoms with Gasteiger partial charge >= 0.3 is 6.03 Å². The third-order valence-corrected chi connectivity index (χ3v) is 10.1. The van der Waals surface area contributed by atoms with Gasteiger partial charge in [-0.2, -0.15) is 0 Å². The fraction of sp³-hybridized carbons (Fsp3) is 0.556. The number of rotatable bonds is 20. The van der Waals surface area contributed by atoms with Crippen molar-refractivity contribution in [2.75, 3.05) is 44.5 Å². The zero-order chi connectivity index (χ0) is 41.8. The van der Waals surface area contributed by atoms with Gasteiger partial charge in [0.2, 0.25) is 5.91 Å². The Labute approximate surface area is 340 Å². The zero-order valence-electron chi connectivity index (χ0n) is 36.0. The number of hydrogen-bond donors (Lipinski definition) is 6. The van der Waals surface area contributed by atoms with E-state index < -0.39 is 6.04 Å². The smallest absolute Gasteiger partial charge is 0.315 e. The molecule has 0 bridgehead atoms. The molecule has 4 rings (SSSR count). The van der Waals surface area contributed by atoms with Crippen molar-refractivity contribution in [3.63, 3.8) is 0 Å². The minimum Gasteiger partial charge on any atom is -0.497 e. The van der Waals surface area contributed by atoms with Crippen LogP contribution in [0.15, 0.2) is 48.5 Å². The Morgan fingerprint density at radius 1 is 0.667 bits per heavy atom. The minimum atomic E-state index is -0.647. The number of urea groups is 1. The number of nitrogens with zero attached hydrogens (tertiary/aromatic N) is 2. The largest absolute Gasteiger partial charge is 0.497 e. The third kappa shape index (κ3) is 13.4. The molecule has 0 aliphatic carbocycles. The average molecular weight is 785 g/mol. The van der Waals surface area contributed by atoms with E-state index in [1.165, 1.54) is 0 Å². The van der Waals surface area contributed by atoms with Gasteiger partial charge < -0.3 is 41.8 Å². The number of methoxy groups -OCH3 is 2. The SMILES string of the molecule is COc1cc(NC(C)CCCNC(=O)N[C@@H](CCCCN)C(=O)NCCCC(C)Nc2cc(OC)cc3ccc(C(C)(C)C)nc23)c2nc(C(C)(C)C)ccc2c1. The van der Waals surface area contributed by atoms with Crippen molar-refractivity contribution in [2.24, 2.45) is 5.73 Å². The molecular formula is C45H68N8O4. The molecule has 2 aromatic carbocycles. The van der Waals surface area contributed by atoms with Crippen molar-refractivity contribution >= 4 is 45.1 Å². The Morgan fingerprint density at radius 3 is 1.58 bits per heavy atom. The Hall–Kier alpha value is -4.84. The van der Waals surface area contributed by atoms with Gasteiger partial charge in [-0.1, -0.05) is 53.7 Å². The van der Waals surface area contributed by atoms with E-state index in [2.05, 4.69) is 106 Å². The first-order chi connectivity index (χ1) is 27.0. The molecule has 2 unspecified atom stereocenters. The highest BCUT2D eigenvalue weighted by Gasteiger charge is 2.22. The molecule has 0 spiro atoms. The number of nitrogens with one attached hydrogen (secondary N) is 5. The second-order valence-corrected chi connectivity index (χ2v) is 17.3. The van der Waals surface area contributed by atoms with Crippen LogP contribution in [0.3, 0.4) is 0 Å². The third-order valence-electron chi connectivity index (χ3n) is 10.1. The molecule has 0 saturated heterocycles. The number of nitrogens with two attached hydrogens (primary N) is 1. The molecule has 0 radical (unpaired) electrons. The molecule has 57 heavy (non-hydrogen) atoms. The van der Waals surface area contributed by atoms with E-state index in [1.54, 1.807) is 14.2 Å². The van der Waals surface area contributed by atoms with Crippen LogP contribution in [0.2, 0.25) is 0 Å². The van der Waals surface area contributed by atoms with Crippen LogP contribution in [0.4, 0.5) is 16.2 Å². The summed E-state index contributed by atoms with van der Waals surface area (Å²) in [7, 11) is 3.34. The number of unbranched alkanes of at least 4 members (excludes halogenated alkanes) is 1. The summed E-state index contributed by atoms with van der Waals surface area (Å²) >= 11 is 0. The highest BCUT2D eigenvalue weighted by atomic mass is 16.5. The molecule has 0 saturated carbocycles. The Balaban J connectivity index is 1.25. The maximum atomic E-state index is 13.3. The van der Waals surface area contributed by atoms with Crippen molar-refractivity contribution in [1.82, 2.24) is 25.9 Å². The average Bonchev–Trinajstić information content (AvgIpc) is 3.16. The van der Waals surface area contributed by atoms with Crippen molar-refractivity contribution in [3.05, 3.63) is 59.9 Å². The summed E-state index contributed by atoms with van der Waals surface area (Å²) in [4.78, 5) is 36.3. The van der Waals surface area contributed by atoms with Gasteiger partial charge in [0, 0.05) is 70.3 Å². The van der Waals surface area contributed by atoms with E-state index in [0.29, 0.717) is 26.1 Å². The Kier molecular flexibility index (Phi) is 16.2. The summed E-state index contributed by atoms with van der Waals surface area (Å²) in [6, 6.07) is 15.6. The van der Waals surface area contributed by atoms with Crippen molar-refractivity contribution in [3.8, 4) is 11.5 Å². The van der Waals surface area contributed by atoms with E-state index in [4.69, 9.17) is 25.2 Å². The highest BCUT2D eigenvalue weighted by molar-refractivity contribution is 5.93. The van der Waals surface area contributed by atoms with Crippen LogP contribution in [0.5, 0.6) is 11.5 Å². The second kappa shape index (κ2) is 20.5. The van der Waals surface area contributed by atoms with Gasteiger partial charge in [-0.15, -0.1) is 0 Å². The molecule has 4 aromatic rings. The van der Waals surface area contributed by atoms with Gasteiger partial charge in [0.25, 0.3) is 0 Å². The van der Waals surface area contributed by atoms with E-state index in [9.17, 15) is 9.59 Å². The first kappa shape index (κ1) is 44.9. The van der Waals surface area contributed by atoms with Crippen LogP contribution in [0.25, 0.3) is 21.8 Å². The number of pyridine rings is 2. The molecule has 7 N–H and O–H groups in total. The molecule has 12 nitrogen and oxygen atoms in total. The first-order valence-corrected chi connectivity index (χ1v) is 20.6. The normalized spacial score (nSPS) is 13.5. The van der Waals surface area contributed by atoms with E-state index >= 15 is 0 Å². The molecule has 312 valence electrons. The van der Waals surface area contributed by atoms with Crippen molar-refractivity contribution in [2.45, 2.75) is 129 Å². The monoisotopic (exact) mass is 785 g/mol. The summed E-state index contributed by atoms with van der Waals surface area (Å²) in [5, 5.41) is 18.2. The Bertz CT molecular complexity index is 1940. The van der Waals surface area contributed by atoms with E-state index in [1.807, 2.05) is 24.3 Å². The lowest BCUT2D eigenvalue weighted by Crippen LogP contribution is -2.50. The molecule has 0 aliphatic heterocycles. The van der Waals surface area contributed by atoms with Crippen LogP contribution < -0.4 is 41.8 Å². The number of hydrogen-bond acceptors (Lipinski definition) is 9. The zero-order valence-corrected chi connectivity index (χ0v) is 36.0. The van der Waals surface area contributed by atoms with Crippen molar-refractivity contribution in [1.29, 1.82) is 0 Å². The minimum absolute atomic E-state index is 0.0751. The fourth-order valence-electron chi connectivity index (χ4n) is 6.71. The van der Waals surface area contributed by atoms with Gasteiger partial charge in [-0.05, 0) is 89.6 Å². The number of benzene rings is 2. The molecule has 2 heterocycles. The highest BCUT2D eigenvalue weighted by Crippen LogP contribution is 2.33. The topological polar surface area (TPSA) is 165 Å². The molecular weight excluding hydrogens is 717 g/mol. The first-order valence-electron chi connectivity index (χ1n) is 20.6. The quantitative estimate of drug-likeness (QED) is 0.0485. The summed E-state index contributed by atoms with van der Waals surface area (Å²) in [6.07, 6.45) is 5.18. The lowest BCUT2D eigenvalue weighted by molar-refractivity contribution is -0.123. The summed E-state index contributed by atoms with van der Waals surface area (Å²) in [5.41, 5.74) is 11.3. The van der Waals surface area contributed by atoms with Crippen LogP contribution in [-0.2, 0) is 15.6 Å². The van der Waals surface area contributed by atoms with E-state index in [0.717, 1.165) is 94.6 Å². The van der Waals surface area contributed by atoms with Crippen LogP contribution in [0.1, 0.15) is 112 Å². The number of carbonyl (C=O) groups excluding carboxylic acids is 2. The maximum absolute atomic E-state index is 13.3. The molecule has 2 aromatic heterocycles. The van der Waals surface area contributed by atoms with Gasteiger partial charge in [0.1, 0.15) is 17.5 Å².